The second kappa shape index (κ2) is 6.70. The number of carbonyl (C=O) groups is 1. The fourth-order valence-corrected chi connectivity index (χ4v) is 1.89. The summed E-state index contributed by atoms with van der Waals surface area (Å²) in [6.07, 6.45) is 3.73. The van der Waals surface area contributed by atoms with Crippen LogP contribution in [0.25, 0.3) is 0 Å². The first-order chi connectivity index (χ1) is 9.65. The molecule has 0 bridgehead atoms. The minimum Gasteiger partial charge on any atom is -0.508 e. The van der Waals surface area contributed by atoms with Crippen molar-refractivity contribution >= 4 is 11.6 Å². The highest BCUT2D eigenvalue weighted by atomic mass is 16.3. The molecule has 2 aromatic rings. The molecule has 0 atom stereocenters. The molecule has 2 rings (SSSR count). The van der Waals surface area contributed by atoms with E-state index in [4.69, 9.17) is 0 Å². The van der Waals surface area contributed by atoms with Crippen LogP contribution in [0.5, 0.6) is 5.75 Å². The minimum absolute atomic E-state index is 0.0517. The number of nitrogens with zero attached hydrogens (tertiary/aromatic N) is 1. The van der Waals surface area contributed by atoms with E-state index in [0.717, 1.165) is 24.1 Å². The Morgan fingerprint density at radius 2 is 2.15 bits per heavy atom. The fourth-order valence-electron chi connectivity index (χ4n) is 1.89. The van der Waals surface area contributed by atoms with Gasteiger partial charge in [-0.3, -0.25) is 9.78 Å². The van der Waals surface area contributed by atoms with Gasteiger partial charge in [-0.05, 0) is 43.5 Å². The van der Waals surface area contributed by atoms with Crippen molar-refractivity contribution in [2.45, 2.75) is 26.2 Å². The Bertz CT molecular complexity index is 582. The van der Waals surface area contributed by atoms with Crippen LogP contribution < -0.4 is 5.32 Å². The highest BCUT2D eigenvalue weighted by Gasteiger charge is 2.04. The lowest BCUT2D eigenvalue weighted by molar-refractivity contribution is -0.116. The molecular weight excluding hydrogens is 252 g/mol. The van der Waals surface area contributed by atoms with E-state index in [1.807, 2.05) is 25.1 Å². The molecule has 0 unspecified atom stereocenters. The lowest BCUT2D eigenvalue weighted by atomic mass is 10.1. The number of phenols is 1. The number of phenolic OH excluding ortho intramolecular Hbond substituents is 1. The van der Waals surface area contributed by atoms with Crippen LogP contribution in [-0.2, 0) is 11.2 Å². The minimum atomic E-state index is -0.0517. The number of hydrogen-bond donors (Lipinski definition) is 2. The number of anilines is 1. The number of aromatic hydroxyl groups is 1. The van der Waals surface area contributed by atoms with Gasteiger partial charge in [-0.2, -0.15) is 0 Å². The van der Waals surface area contributed by atoms with E-state index in [1.54, 1.807) is 24.4 Å². The average molecular weight is 270 g/mol. The summed E-state index contributed by atoms with van der Waals surface area (Å²) in [6, 6.07) is 10.9. The molecule has 0 aliphatic carbocycles. The first kappa shape index (κ1) is 14.1. The Hall–Kier alpha value is -2.36. The van der Waals surface area contributed by atoms with Gasteiger partial charge in [-0.25, -0.2) is 0 Å². The Labute approximate surface area is 118 Å². The maximum absolute atomic E-state index is 11.8. The number of pyridine rings is 1. The normalized spacial score (nSPS) is 10.2. The van der Waals surface area contributed by atoms with Gasteiger partial charge in [0.05, 0.1) is 0 Å². The largest absolute Gasteiger partial charge is 0.508 e. The molecule has 0 saturated heterocycles. The summed E-state index contributed by atoms with van der Waals surface area (Å²) < 4.78 is 0. The van der Waals surface area contributed by atoms with Crippen molar-refractivity contribution in [2.75, 3.05) is 5.32 Å². The van der Waals surface area contributed by atoms with Gasteiger partial charge in [-0.1, -0.05) is 12.1 Å². The van der Waals surface area contributed by atoms with Gasteiger partial charge in [0.15, 0.2) is 0 Å². The van der Waals surface area contributed by atoms with E-state index in [0.29, 0.717) is 12.1 Å². The van der Waals surface area contributed by atoms with Gasteiger partial charge in [0, 0.05) is 30.1 Å². The predicted octanol–water partition coefficient (Wildman–Crippen LogP) is 3.06. The standard InChI is InChI=1S/C16H18N2O2/c1-12-8-9-14(11-15(12)19)18-16(20)7-4-6-13-5-2-3-10-17-13/h2-3,5,8-11,19H,4,6-7H2,1H3,(H,18,20). The van der Waals surface area contributed by atoms with Crippen LogP contribution >= 0.6 is 0 Å². The summed E-state index contributed by atoms with van der Waals surface area (Å²) in [7, 11) is 0. The SMILES string of the molecule is Cc1ccc(NC(=O)CCCc2ccccn2)cc1O. The van der Waals surface area contributed by atoms with E-state index in [-0.39, 0.29) is 11.7 Å². The third kappa shape index (κ3) is 4.09. The van der Waals surface area contributed by atoms with Crippen molar-refractivity contribution < 1.29 is 9.90 Å². The van der Waals surface area contributed by atoms with E-state index in [9.17, 15) is 9.90 Å². The van der Waals surface area contributed by atoms with Gasteiger partial charge in [0.2, 0.25) is 5.91 Å². The third-order valence-electron chi connectivity index (χ3n) is 3.06. The number of benzene rings is 1. The van der Waals surface area contributed by atoms with Crippen molar-refractivity contribution in [3.8, 4) is 5.75 Å². The van der Waals surface area contributed by atoms with Gasteiger partial charge < -0.3 is 10.4 Å². The second-order valence-corrected chi connectivity index (χ2v) is 4.72. The first-order valence-electron chi connectivity index (χ1n) is 6.64. The van der Waals surface area contributed by atoms with Gasteiger partial charge in [0.25, 0.3) is 0 Å². The number of rotatable bonds is 5. The zero-order valence-corrected chi connectivity index (χ0v) is 11.5. The van der Waals surface area contributed by atoms with Crippen molar-refractivity contribution in [1.29, 1.82) is 0 Å². The molecule has 0 saturated carbocycles. The fraction of sp³-hybridized carbons (Fsp3) is 0.250. The number of aromatic nitrogens is 1. The second-order valence-electron chi connectivity index (χ2n) is 4.72. The van der Waals surface area contributed by atoms with Crippen LogP contribution in [0.4, 0.5) is 5.69 Å². The third-order valence-corrected chi connectivity index (χ3v) is 3.06. The monoisotopic (exact) mass is 270 g/mol. The summed E-state index contributed by atoms with van der Waals surface area (Å²) in [6.45, 7) is 1.81. The number of nitrogens with one attached hydrogen (secondary N) is 1. The van der Waals surface area contributed by atoms with Crippen LogP contribution in [0.2, 0.25) is 0 Å². The quantitative estimate of drug-likeness (QED) is 0.877. The Kier molecular flexibility index (Phi) is 4.71. The van der Waals surface area contributed by atoms with E-state index in [2.05, 4.69) is 10.3 Å². The highest BCUT2D eigenvalue weighted by molar-refractivity contribution is 5.90. The zero-order valence-electron chi connectivity index (χ0n) is 11.5. The topological polar surface area (TPSA) is 62.2 Å². The molecule has 0 fully saturated rings. The van der Waals surface area contributed by atoms with Crippen LogP contribution in [0, 0.1) is 6.92 Å². The first-order valence-corrected chi connectivity index (χ1v) is 6.64. The molecule has 0 aliphatic heterocycles. The number of amides is 1. The van der Waals surface area contributed by atoms with Crippen molar-refractivity contribution in [2.24, 2.45) is 0 Å². The molecule has 0 aliphatic rings. The molecular formula is C16H18N2O2. The molecule has 2 N–H and O–H groups in total. The molecule has 0 spiro atoms. The smallest absolute Gasteiger partial charge is 0.224 e. The molecule has 4 heteroatoms. The molecule has 0 radical (unpaired) electrons. The van der Waals surface area contributed by atoms with Gasteiger partial charge >= 0.3 is 0 Å². The molecule has 4 nitrogen and oxygen atoms in total. The Morgan fingerprint density at radius 3 is 2.85 bits per heavy atom. The number of aryl methyl sites for hydroxylation is 2. The molecule has 1 heterocycles. The summed E-state index contributed by atoms with van der Waals surface area (Å²) in [4.78, 5) is 16.0. The van der Waals surface area contributed by atoms with Gasteiger partial charge in [0.1, 0.15) is 5.75 Å². The molecule has 104 valence electrons. The van der Waals surface area contributed by atoms with E-state index in [1.165, 1.54) is 0 Å². The summed E-state index contributed by atoms with van der Waals surface area (Å²) in [5, 5.41) is 12.4. The van der Waals surface area contributed by atoms with Gasteiger partial charge in [-0.15, -0.1) is 0 Å². The van der Waals surface area contributed by atoms with E-state index >= 15 is 0 Å². The number of hydrogen-bond acceptors (Lipinski definition) is 3. The molecule has 1 amide bonds. The van der Waals surface area contributed by atoms with Crippen molar-refractivity contribution in [3.63, 3.8) is 0 Å². The average Bonchev–Trinajstić information content (AvgIpc) is 2.44. The highest BCUT2D eigenvalue weighted by Crippen LogP contribution is 2.20. The number of carbonyl (C=O) groups excluding carboxylic acids is 1. The molecule has 1 aromatic carbocycles. The Balaban J connectivity index is 1.79. The van der Waals surface area contributed by atoms with E-state index < -0.39 is 0 Å². The van der Waals surface area contributed by atoms with Crippen molar-refractivity contribution in [1.82, 2.24) is 4.98 Å². The van der Waals surface area contributed by atoms with Crippen LogP contribution in [0.1, 0.15) is 24.1 Å². The maximum Gasteiger partial charge on any atom is 0.224 e. The van der Waals surface area contributed by atoms with Crippen LogP contribution in [-0.4, -0.2) is 16.0 Å². The lowest BCUT2D eigenvalue weighted by Crippen LogP contribution is -2.11. The Morgan fingerprint density at radius 1 is 1.30 bits per heavy atom. The molecule has 20 heavy (non-hydrogen) atoms. The summed E-state index contributed by atoms with van der Waals surface area (Å²) >= 11 is 0. The molecule has 1 aromatic heterocycles. The predicted molar refractivity (Wildman–Crippen MR) is 78.6 cm³/mol. The zero-order chi connectivity index (χ0) is 14.4. The summed E-state index contributed by atoms with van der Waals surface area (Å²) in [5.74, 6) is 0.139. The summed E-state index contributed by atoms with van der Waals surface area (Å²) in [5.41, 5.74) is 2.40. The maximum atomic E-state index is 11.8. The lowest BCUT2D eigenvalue weighted by Gasteiger charge is -2.07. The van der Waals surface area contributed by atoms with Crippen molar-refractivity contribution in [3.05, 3.63) is 53.9 Å². The van der Waals surface area contributed by atoms with Crippen LogP contribution in [0.15, 0.2) is 42.6 Å². The van der Waals surface area contributed by atoms with Crippen LogP contribution in [0.3, 0.4) is 0 Å².